The zero-order valence-corrected chi connectivity index (χ0v) is 12.7. The average Bonchev–Trinajstić information content (AvgIpc) is 2.72. The largest absolute Gasteiger partial charge is 0.300 e. The highest BCUT2D eigenvalue weighted by atomic mass is 15.3. The summed E-state index contributed by atoms with van der Waals surface area (Å²) < 4.78 is 0. The van der Waals surface area contributed by atoms with Gasteiger partial charge in [0.25, 0.3) is 0 Å². The van der Waals surface area contributed by atoms with Gasteiger partial charge in [-0.15, -0.1) is 0 Å². The molecule has 3 fully saturated rings. The molecule has 2 heteroatoms. The van der Waals surface area contributed by atoms with Gasteiger partial charge in [0, 0.05) is 32.2 Å². The highest BCUT2D eigenvalue weighted by Gasteiger charge is 2.64. The zero-order valence-electron chi connectivity index (χ0n) is 12.7. The fraction of sp³-hybridized carbons (Fsp3) is 1.00. The summed E-state index contributed by atoms with van der Waals surface area (Å²) in [5, 5.41) is 0. The van der Waals surface area contributed by atoms with Gasteiger partial charge in [-0.2, -0.15) is 0 Å². The third-order valence-electron chi connectivity index (χ3n) is 6.68. The van der Waals surface area contributed by atoms with Crippen molar-refractivity contribution in [2.75, 3.05) is 32.7 Å². The molecule has 104 valence electrons. The third kappa shape index (κ3) is 1.92. The van der Waals surface area contributed by atoms with Crippen LogP contribution in [0.1, 0.15) is 47.0 Å². The second-order valence-corrected chi connectivity index (χ2v) is 7.94. The standard InChI is InChI=1S/C16H30N2/c1-15(2)14(16(15,3)4)12-17-9-10-18-8-6-5-7-13(18)11-17/h13-14H,5-12H2,1-4H3. The topological polar surface area (TPSA) is 6.48 Å². The molecule has 2 heterocycles. The van der Waals surface area contributed by atoms with E-state index >= 15 is 0 Å². The normalized spacial score (nSPS) is 36.3. The Balaban J connectivity index is 1.56. The Morgan fingerprint density at radius 1 is 0.944 bits per heavy atom. The Hall–Kier alpha value is -0.0800. The van der Waals surface area contributed by atoms with E-state index in [1.165, 1.54) is 52.0 Å². The summed E-state index contributed by atoms with van der Waals surface area (Å²) in [7, 11) is 0. The monoisotopic (exact) mass is 250 g/mol. The van der Waals surface area contributed by atoms with Gasteiger partial charge < -0.3 is 4.90 Å². The van der Waals surface area contributed by atoms with Crippen molar-refractivity contribution < 1.29 is 0 Å². The summed E-state index contributed by atoms with van der Waals surface area (Å²) in [4.78, 5) is 5.50. The Morgan fingerprint density at radius 3 is 2.33 bits per heavy atom. The van der Waals surface area contributed by atoms with Crippen LogP contribution in [0.4, 0.5) is 0 Å². The molecule has 18 heavy (non-hydrogen) atoms. The van der Waals surface area contributed by atoms with Crippen LogP contribution in [0.2, 0.25) is 0 Å². The van der Waals surface area contributed by atoms with E-state index in [0.717, 1.165) is 12.0 Å². The maximum Gasteiger partial charge on any atom is 0.0223 e. The lowest BCUT2D eigenvalue weighted by Gasteiger charge is -2.44. The number of piperidine rings is 1. The molecule has 2 saturated heterocycles. The van der Waals surface area contributed by atoms with E-state index in [0.29, 0.717) is 10.8 Å². The van der Waals surface area contributed by atoms with E-state index in [1.54, 1.807) is 0 Å². The Morgan fingerprint density at radius 2 is 1.67 bits per heavy atom. The maximum atomic E-state index is 2.76. The van der Waals surface area contributed by atoms with Gasteiger partial charge >= 0.3 is 0 Å². The first-order valence-electron chi connectivity index (χ1n) is 7.89. The summed E-state index contributed by atoms with van der Waals surface area (Å²) in [6, 6.07) is 0.873. The molecule has 2 aliphatic heterocycles. The van der Waals surface area contributed by atoms with Crippen molar-refractivity contribution in [2.24, 2.45) is 16.7 Å². The van der Waals surface area contributed by atoms with Gasteiger partial charge in [0.05, 0.1) is 0 Å². The summed E-state index contributed by atoms with van der Waals surface area (Å²) >= 11 is 0. The molecule has 1 saturated carbocycles. The molecule has 3 aliphatic rings. The lowest BCUT2D eigenvalue weighted by Crippen LogP contribution is -2.55. The highest BCUT2D eigenvalue weighted by molar-refractivity contribution is 5.13. The van der Waals surface area contributed by atoms with Crippen LogP contribution >= 0.6 is 0 Å². The molecule has 0 spiro atoms. The molecule has 0 N–H and O–H groups in total. The SMILES string of the molecule is CC1(C)C(CN2CCN3CCCCC3C2)C1(C)C. The molecule has 2 nitrogen and oxygen atoms in total. The summed E-state index contributed by atoms with van der Waals surface area (Å²) in [6.45, 7) is 16.5. The van der Waals surface area contributed by atoms with Crippen LogP contribution in [0, 0.1) is 16.7 Å². The third-order valence-corrected chi connectivity index (χ3v) is 6.68. The summed E-state index contributed by atoms with van der Waals surface area (Å²) in [6.07, 6.45) is 4.32. The molecule has 1 unspecified atom stereocenters. The fourth-order valence-corrected chi connectivity index (χ4v) is 4.43. The van der Waals surface area contributed by atoms with Crippen molar-refractivity contribution >= 4 is 0 Å². The lowest BCUT2D eigenvalue weighted by molar-refractivity contribution is 0.0447. The Kier molecular flexibility index (Phi) is 3.02. The van der Waals surface area contributed by atoms with Crippen LogP contribution in [0.25, 0.3) is 0 Å². The fourth-order valence-electron chi connectivity index (χ4n) is 4.43. The Labute approximate surface area is 113 Å². The first kappa shape index (κ1) is 12.9. The first-order valence-corrected chi connectivity index (χ1v) is 7.89. The number of nitrogens with zero attached hydrogens (tertiary/aromatic N) is 2. The van der Waals surface area contributed by atoms with Crippen molar-refractivity contribution in [3.63, 3.8) is 0 Å². The van der Waals surface area contributed by atoms with Crippen molar-refractivity contribution in [2.45, 2.75) is 53.0 Å². The van der Waals surface area contributed by atoms with Crippen molar-refractivity contribution in [1.82, 2.24) is 9.80 Å². The minimum atomic E-state index is 0.552. The molecule has 1 atom stereocenters. The van der Waals surface area contributed by atoms with Crippen LogP contribution in [0.3, 0.4) is 0 Å². The second kappa shape index (κ2) is 4.21. The van der Waals surface area contributed by atoms with E-state index in [1.807, 2.05) is 0 Å². The molecule has 1 aliphatic carbocycles. The minimum Gasteiger partial charge on any atom is -0.300 e. The molecular formula is C16H30N2. The minimum absolute atomic E-state index is 0.552. The molecular weight excluding hydrogens is 220 g/mol. The van der Waals surface area contributed by atoms with Crippen molar-refractivity contribution in [3.8, 4) is 0 Å². The van der Waals surface area contributed by atoms with Crippen LogP contribution in [0.5, 0.6) is 0 Å². The van der Waals surface area contributed by atoms with E-state index in [9.17, 15) is 0 Å². The van der Waals surface area contributed by atoms with Crippen LogP contribution in [0.15, 0.2) is 0 Å². The molecule has 0 bridgehead atoms. The van der Waals surface area contributed by atoms with Crippen molar-refractivity contribution in [1.29, 1.82) is 0 Å². The molecule has 0 amide bonds. The Bertz CT molecular complexity index is 307. The van der Waals surface area contributed by atoms with Gasteiger partial charge in [0.2, 0.25) is 0 Å². The van der Waals surface area contributed by atoms with Gasteiger partial charge in [0.15, 0.2) is 0 Å². The van der Waals surface area contributed by atoms with Gasteiger partial charge in [-0.3, -0.25) is 4.90 Å². The number of fused-ring (bicyclic) bond motifs is 1. The predicted octanol–water partition coefficient (Wildman–Crippen LogP) is 2.84. The van der Waals surface area contributed by atoms with E-state index in [2.05, 4.69) is 37.5 Å². The maximum absolute atomic E-state index is 2.76. The lowest BCUT2D eigenvalue weighted by atomic mass is 9.99. The van der Waals surface area contributed by atoms with Crippen molar-refractivity contribution in [3.05, 3.63) is 0 Å². The highest BCUT2D eigenvalue weighted by Crippen LogP contribution is 2.68. The summed E-state index contributed by atoms with van der Waals surface area (Å²) in [5.41, 5.74) is 1.10. The predicted molar refractivity (Wildman–Crippen MR) is 76.7 cm³/mol. The molecule has 3 rings (SSSR count). The zero-order chi connectivity index (χ0) is 13.0. The smallest absolute Gasteiger partial charge is 0.0223 e. The van der Waals surface area contributed by atoms with Gasteiger partial charge in [-0.05, 0) is 36.1 Å². The van der Waals surface area contributed by atoms with Gasteiger partial charge in [-0.1, -0.05) is 34.1 Å². The molecule has 0 radical (unpaired) electrons. The van der Waals surface area contributed by atoms with E-state index in [-0.39, 0.29) is 0 Å². The molecule has 0 aromatic carbocycles. The van der Waals surface area contributed by atoms with Crippen LogP contribution < -0.4 is 0 Å². The number of rotatable bonds is 2. The molecule has 0 aromatic heterocycles. The number of piperazine rings is 1. The van der Waals surface area contributed by atoms with E-state index < -0.39 is 0 Å². The van der Waals surface area contributed by atoms with Crippen LogP contribution in [-0.2, 0) is 0 Å². The van der Waals surface area contributed by atoms with Gasteiger partial charge in [-0.25, -0.2) is 0 Å². The second-order valence-electron chi connectivity index (χ2n) is 7.94. The summed E-state index contributed by atoms with van der Waals surface area (Å²) in [5.74, 6) is 0.903. The van der Waals surface area contributed by atoms with Gasteiger partial charge in [0.1, 0.15) is 0 Å². The first-order chi connectivity index (χ1) is 8.43. The van der Waals surface area contributed by atoms with E-state index in [4.69, 9.17) is 0 Å². The number of hydrogen-bond donors (Lipinski definition) is 0. The number of hydrogen-bond acceptors (Lipinski definition) is 2. The quantitative estimate of drug-likeness (QED) is 0.743. The molecule has 0 aromatic rings. The average molecular weight is 250 g/mol. The van der Waals surface area contributed by atoms with Crippen LogP contribution in [-0.4, -0.2) is 48.6 Å².